The molecular weight excluding hydrogens is 286 g/mol. The van der Waals surface area contributed by atoms with E-state index in [1.54, 1.807) is 0 Å². The minimum absolute atomic E-state index is 0.0764. The van der Waals surface area contributed by atoms with Gasteiger partial charge in [-0.3, -0.25) is 0 Å². The van der Waals surface area contributed by atoms with Crippen molar-refractivity contribution in [1.82, 2.24) is 4.31 Å². The second-order valence-corrected chi connectivity index (χ2v) is 7.13. The molecule has 1 aromatic carbocycles. The van der Waals surface area contributed by atoms with Gasteiger partial charge < -0.3 is 4.74 Å². The van der Waals surface area contributed by atoms with Crippen LogP contribution < -0.4 is 0 Å². The Morgan fingerprint density at radius 2 is 2.05 bits per heavy atom. The number of rotatable bonds is 6. The second-order valence-electron chi connectivity index (χ2n) is 4.63. The Morgan fingerprint density at radius 3 is 2.74 bits per heavy atom. The Morgan fingerprint density at radius 1 is 1.32 bits per heavy atom. The van der Waals surface area contributed by atoms with Crippen molar-refractivity contribution in [1.29, 1.82) is 0 Å². The summed E-state index contributed by atoms with van der Waals surface area (Å²) in [5, 5.41) is -0.359. The standard InChI is InChI=1S/C13H18ClNO3S/c14-11-19(16,17)15-8-4-7-13(15)10-18-9-12-5-2-1-3-6-12/h1-3,5-6,13H,4,7-11H2. The van der Waals surface area contributed by atoms with Crippen molar-refractivity contribution in [3.63, 3.8) is 0 Å². The van der Waals surface area contributed by atoms with Crippen molar-refractivity contribution < 1.29 is 13.2 Å². The molecule has 1 aromatic rings. The minimum atomic E-state index is -3.32. The monoisotopic (exact) mass is 303 g/mol. The van der Waals surface area contributed by atoms with Crippen LogP contribution in [0.1, 0.15) is 18.4 Å². The fourth-order valence-electron chi connectivity index (χ4n) is 2.29. The van der Waals surface area contributed by atoms with Crippen LogP contribution in [0.4, 0.5) is 0 Å². The molecule has 0 aromatic heterocycles. The quantitative estimate of drug-likeness (QED) is 0.757. The molecule has 1 aliphatic rings. The van der Waals surface area contributed by atoms with Gasteiger partial charge >= 0.3 is 0 Å². The summed E-state index contributed by atoms with van der Waals surface area (Å²) >= 11 is 5.50. The fraction of sp³-hybridized carbons (Fsp3) is 0.538. The van der Waals surface area contributed by atoms with Gasteiger partial charge in [0.25, 0.3) is 0 Å². The third kappa shape index (κ3) is 3.92. The molecular formula is C13H18ClNO3S. The van der Waals surface area contributed by atoms with Crippen LogP contribution in [0.3, 0.4) is 0 Å². The van der Waals surface area contributed by atoms with E-state index in [0.717, 1.165) is 18.4 Å². The maximum absolute atomic E-state index is 11.8. The predicted molar refractivity (Wildman–Crippen MR) is 75.5 cm³/mol. The van der Waals surface area contributed by atoms with Crippen molar-refractivity contribution in [2.24, 2.45) is 0 Å². The number of hydrogen-bond acceptors (Lipinski definition) is 3. The highest BCUT2D eigenvalue weighted by molar-refractivity contribution is 7.90. The fourth-order valence-corrected chi connectivity index (χ4v) is 3.82. The molecule has 1 saturated heterocycles. The molecule has 0 radical (unpaired) electrons. The third-order valence-corrected chi connectivity index (χ3v) is 5.54. The Bertz CT molecular complexity index is 492. The van der Waals surface area contributed by atoms with Crippen LogP contribution in [0.5, 0.6) is 0 Å². The summed E-state index contributed by atoms with van der Waals surface area (Å²) < 4.78 is 30.7. The highest BCUT2D eigenvalue weighted by Gasteiger charge is 2.33. The van der Waals surface area contributed by atoms with E-state index in [1.807, 2.05) is 30.3 Å². The van der Waals surface area contributed by atoms with E-state index in [2.05, 4.69) is 0 Å². The van der Waals surface area contributed by atoms with Crippen molar-refractivity contribution in [3.8, 4) is 0 Å². The topological polar surface area (TPSA) is 46.6 Å². The number of hydrogen-bond donors (Lipinski definition) is 0. The van der Waals surface area contributed by atoms with Gasteiger partial charge in [0.05, 0.1) is 13.2 Å². The number of sulfonamides is 1. The summed E-state index contributed by atoms with van der Waals surface area (Å²) in [7, 11) is -3.32. The summed E-state index contributed by atoms with van der Waals surface area (Å²) in [6, 6.07) is 9.77. The Kier molecular flexibility index (Phi) is 5.21. The van der Waals surface area contributed by atoms with E-state index >= 15 is 0 Å². The van der Waals surface area contributed by atoms with Gasteiger partial charge in [0.1, 0.15) is 5.21 Å². The van der Waals surface area contributed by atoms with E-state index < -0.39 is 10.0 Å². The molecule has 2 rings (SSSR count). The smallest absolute Gasteiger partial charge is 0.228 e. The predicted octanol–water partition coefficient (Wildman–Crippen LogP) is 2.19. The Balaban J connectivity index is 1.85. The summed E-state index contributed by atoms with van der Waals surface area (Å²) in [5.41, 5.74) is 1.09. The van der Waals surface area contributed by atoms with Gasteiger partial charge in [-0.1, -0.05) is 30.3 Å². The molecule has 0 amide bonds. The van der Waals surface area contributed by atoms with Gasteiger partial charge in [-0.15, -0.1) is 11.6 Å². The number of nitrogens with zero attached hydrogens (tertiary/aromatic N) is 1. The van der Waals surface area contributed by atoms with E-state index in [4.69, 9.17) is 16.3 Å². The Hall–Kier alpha value is -0.620. The summed E-state index contributed by atoms with van der Waals surface area (Å²) in [6.45, 7) is 1.48. The number of ether oxygens (including phenoxy) is 1. The molecule has 0 saturated carbocycles. The largest absolute Gasteiger partial charge is 0.375 e. The lowest BCUT2D eigenvalue weighted by atomic mass is 10.2. The zero-order valence-corrected chi connectivity index (χ0v) is 12.2. The van der Waals surface area contributed by atoms with Crippen molar-refractivity contribution >= 4 is 21.6 Å². The highest BCUT2D eigenvalue weighted by atomic mass is 35.5. The van der Waals surface area contributed by atoms with Gasteiger partial charge in [-0.2, -0.15) is 4.31 Å². The van der Waals surface area contributed by atoms with Crippen LogP contribution in [0.25, 0.3) is 0 Å². The molecule has 1 atom stereocenters. The molecule has 0 bridgehead atoms. The van der Waals surface area contributed by atoms with Crippen LogP contribution >= 0.6 is 11.6 Å². The molecule has 4 nitrogen and oxygen atoms in total. The zero-order valence-electron chi connectivity index (χ0n) is 10.7. The maximum atomic E-state index is 11.8. The molecule has 6 heteroatoms. The average Bonchev–Trinajstić information content (AvgIpc) is 2.89. The molecule has 1 aliphatic heterocycles. The molecule has 1 fully saturated rings. The van der Waals surface area contributed by atoms with Crippen molar-refractivity contribution in [2.75, 3.05) is 18.4 Å². The number of alkyl halides is 1. The molecule has 1 heterocycles. The summed E-state index contributed by atoms with van der Waals surface area (Å²) in [4.78, 5) is 0. The van der Waals surface area contributed by atoms with Crippen LogP contribution in [-0.2, 0) is 21.4 Å². The molecule has 0 aliphatic carbocycles. The lowest BCUT2D eigenvalue weighted by Gasteiger charge is -2.22. The molecule has 0 spiro atoms. The summed E-state index contributed by atoms with van der Waals surface area (Å²) in [5.74, 6) is 0. The second kappa shape index (κ2) is 6.70. The van der Waals surface area contributed by atoms with E-state index in [1.165, 1.54) is 4.31 Å². The third-order valence-electron chi connectivity index (χ3n) is 3.24. The first-order valence-corrected chi connectivity index (χ1v) is 8.45. The average molecular weight is 304 g/mol. The molecule has 106 valence electrons. The van der Waals surface area contributed by atoms with Crippen LogP contribution in [0, 0.1) is 0 Å². The number of benzene rings is 1. The van der Waals surface area contributed by atoms with E-state index in [-0.39, 0.29) is 11.3 Å². The lowest BCUT2D eigenvalue weighted by molar-refractivity contribution is 0.0874. The zero-order chi connectivity index (χ0) is 13.7. The van der Waals surface area contributed by atoms with Crippen molar-refractivity contribution in [3.05, 3.63) is 35.9 Å². The van der Waals surface area contributed by atoms with Crippen LogP contribution in [0.15, 0.2) is 30.3 Å². The Labute approximate surface area is 119 Å². The summed E-state index contributed by atoms with van der Waals surface area (Å²) in [6.07, 6.45) is 1.71. The van der Waals surface area contributed by atoms with Gasteiger partial charge in [0, 0.05) is 12.6 Å². The lowest BCUT2D eigenvalue weighted by Crippen LogP contribution is -2.38. The van der Waals surface area contributed by atoms with Gasteiger partial charge in [0.2, 0.25) is 10.0 Å². The highest BCUT2D eigenvalue weighted by Crippen LogP contribution is 2.22. The maximum Gasteiger partial charge on any atom is 0.228 e. The van der Waals surface area contributed by atoms with Gasteiger partial charge in [-0.25, -0.2) is 8.42 Å². The van der Waals surface area contributed by atoms with Crippen LogP contribution in [0.2, 0.25) is 0 Å². The van der Waals surface area contributed by atoms with Gasteiger partial charge in [0.15, 0.2) is 0 Å². The first kappa shape index (κ1) is 14.8. The SMILES string of the molecule is O=S(=O)(CCl)N1CCCC1COCc1ccccc1. The molecule has 1 unspecified atom stereocenters. The first-order chi connectivity index (χ1) is 9.13. The van der Waals surface area contributed by atoms with E-state index in [0.29, 0.717) is 19.8 Å². The molecule has 19 heavy (non-hydrogen) atoms. The van der Waals surface area contributed by atoms with Crippen LogP contribution in [-0.4, -0.2) is 37.1 Å². The van der Waals surface area contributed by atoms with E-state index in [9.17, 15) is 8.42 Å². The first-order valence-electron chi connectivity index (χ1n) is 6.30. The minimum Gasteiger partial charge on any atom is -0.375 e. The van der Waals surface area contributed by atoms with Crippen molar-refractivity contribution in [2.45, 2.75) is 25.5 Å². The van der Waals surface area contributed by atoms with Gasteiger partial charge in [-0.05, 0) is 18.4 Å². The normalized spacial score (nSPS) is 20.8. The molecule has 0 N–H and O–H groups in total. The number of halogens is 1.